The molecule has 0 amide bonds. The molecule has 0 spiro atoms. The Morgan fingerprint density at radius 2 is 1.94 bits per heavy atom. The minimum absolute atomic E-state index is 0.257. The van der Waals surface area contributed by atoms with Gasteiger partial charge in [0, 0.05) is 18.2 Å². The maximum Gasteiger partial charge on any atom is 0.162 e. The maximum absolute atomic E-state index is 10.0. The maximum atomic E-state index is 10.0. The zero-order chi connectivity index (χ0) is 12.8. The van der Waals surface area contributed by atoms with Crippen LogP contribution < -0.4 is 4.74 Å². The number of methoxy groups -OCH3 is 1. The molecule has 1 aromatic carbocycles. The van der Waals surface area contributed by atoms with Gasteiger partial charge in [-0.25, -0.2) is 0 Å². The van der Waals surface area contributed by atoms with Crippen molar-refractivity contribution in [3.63, 3.8) is 0 Å². The van der Waals surface area contributed by atoms with Crippen molar-refractivity contribution in [2.75, 3.05) is 14.2 Å². The highest BCUT2D eigenvalue weighted by atomic mass is 16.5. The first-order chi connectivity index (χ1) is 8.13. The summed E-state index contributed by atoms with van der Waals surface area (Å²) in [6.45, 7) is 5.13. The van der Waals surface area contributed by atoms with Crippen LogP contribution in [-0.2, 0) is 6.54 Å². The van der Waals surface area contributed by atoms with Crippen LogP contribution in [0, 0.1) is 0 Å². The Morgan fingerprint density at radius 3 is 2.47 bits per heavy atom. The molecule has 0 unspecified atom stereocenters. The number of rotatable bonds is 6. The molecule has 1 rings (SSSR count). The van der Waals surface area contributed by atoms with Crippen molar-refractivity contribution < 1.29 is 9.84 Å². The van der Waals surface area contributed by atoms with E-state index in [1.165, 1.54) is 0 Å². The molecule has 0 bridgehead atoms. The van der Waals surface area contributed by atoms with Crippen molar-refractivity contribution in [1.82, 2.24) is 4.90 Å². The number of aromatic hydroxyl groups is 1. The molecule has 17 heavy (non-hydrogen) atoms. The van der Waals surface area contributed by atoms with Gasteiger partial charge in [-0.1, -0.05) is 26.0 Å². The number of para-hydroxylation sites is 1. The van der Waals surface area contributed by atoms with Crippen molar-refractivity contribution in [3.8, 4) is 11.5 Å². The van der Waals surface area contributed by atoms with Crippen molar-refractivity contribution >= 4 is 0 Å². The Kier molecular flexibility index (Phi) is 5.29. The molecule has 0 aliphatic heterocycles. The van der Waals surface area contributed by atoms with Gasteiger partial charge < -0.3 is 9.84 Å². The summed E-state index contributed by atoms with van der Waals surface area (Å²) in [6.07, 6.45) is 2.25. The smallest absolute Gasteiger partial charge is 0.162 e. The van der Waals surface area contributed by atoms with E-state index in [0.29, 0.717) is 11.8 Å². The average Bonchev–Trinajstić information content (AvgIpc) is 2.33. The van der Waals surface area contributed by atoms with Gasteiger partial charge in [0.15, 0.2) is 11.5 Å². The summed E-state index contributed by atoms with van der Waals surface area (Å²) in [6, 6.07) is 6.18. The summed E-state index contributed by atoms with van der Waals surface area (Å²) in [5, 5.41) is 10.0. The molecule has 0 atom stereocenters. The van der Waals surface area contributed by atoms with Gasteiger partial charge in [-0.05, 0) is 26.0 Å². The fourth-order valence-corrected chi connectivity index (χ4v) is 2.17. The van der Waals surface area contributed by atoms with Crippen LogP contribution in [-0.4, -0.2) is 30.2 Å². The average molecular weight is 237 g/mol. The Labute approximate surface area is 104 Å². The molecular formula is C14H23NO2. The second-order valence-electron chi connectivity index (χ2n) is 4.35. The van der Waals surface area contributed by atoms with Gasteiger partial charge in [-0.3, -0.25) is 4.90 Å². The summed E-state index contributed by atoms with van der Waals surface area (Å²) in [5.41, 5.74) is 0.916. The van der Waals surface area contributed by atoms with E-state index in [-0.39, 0.29) is 5.75 Å². The Balaban J connectivity index is 2.81. The molecule has 3 heteroatoms. The van der Waals surface area contributed by atoms with E-state index in [2.05, 4.69) is 25.8 Å². The van der Waals surface area contributed by atoms with E-state index < -0.39 is 0 Å². The first-order valence-corrected chi connectivity index (χ1v) is 6.19. The molecule has 1 aromatic rings. The van der Waals surface area contributed by atoms with Gasteiger partial charge in [0.25, 0.3) is 0 Å². The highest BCUT2D eigenvalue weighted by Gasteiger charge is 2.14. The van der Waals surface area contributed by atoms with E-state index in [4.69, 9.17) is 4.74 Å². The second-order valence-corrected chi connectivity index (χ2v) is 4.35. The van der Waals surface area contributed by atoms with Crippen molar-refractivity contribution in [1.29, 1.82) is 0 Å². The molecule has 3 nitrogen and oxygen atoms in total. The molecule has 0 heterocycles. The lowest BCUT2D eigenvalue weighted by Crippen LogP contribution is -2.29. The SMILES string of the molecule is CCC(CC)N(C)Cc1cccc(OC)c1O. The summed E-state index contributed by atoms with van der Waals surface area (Å²) in [5.74, 6) is 0.799. The van der Waals surface area contributed by atoms with Gasteiger partial charge in [-0.15, -0.1) is 0 Å². The molecule has 0 aromatic heterocycles. The van der Waals surface area contributed by atoms with Crippen molar-refractivity contribution in [2.24, 2.45) is 0 Å². The lowest BCUT2D eigenvalue weighted by atomic mass is 10.1. The Morgan fingerprint density at radius 1 is 1.29 bits per heavy atom. The molecule has 0 saturated carbocycles. The van der Waals surface area contributed by atoms with E-state index in [1.807, 2.05) is 12.1 Å². The quantitative estimate of drug-likeness (QED) is 0.825. The monoisotopic (exact) mass is 237 g/mol. The molecule has 0 aliphatic rings. The first-order valence-electron chi connectivity index (χ1n) is 6.19. The largest absolute Gasteiger partial charge is 0.504 e. The molecular weight excluding hydrogens is 214 g/mol. The fourth-order valence-electron chi connectivity index (χ4n) is 2.17. The van der Waals surface area contributed by atoms with Crippen molar-refractivity contribution in [3.05, 3.63) is 23.8 Å². The molecule has 0 aliphatic carbocycles. The highest BCUT2D eigenvalue weighted by Crippen LogP contribution is 2.30. The van der Waals surface area contributed by atoms with Gasteiger partial charge in [-0.2, -0.15) is 0 Å². The minimum atomic E-state index is 0.257. The van der Waals surface area contributed by atoms with Gasteiger partial charge >= 0.3 is 0 Å². The van der Waals surface area contributed by atoms with E-state index in [1.54, 1.807) is 13.2 Å². The lowest BCUT2D eigenvalue weighted by Gasteiger charge is -2.26. The predicted octanol–water partition coefficient (Wildman–Crippen LogP) is 3.02. The van der Waals surface area contributed by atoms with E-state index in [9.17, 15) is 5.11 Å². The summed E-state index contributed by atoms with van der Waals surface area (Å²) in [7, 11) is 3.67. The van der Waals surface area contributed by atoms with Gasteiger partial charge in [0.1, 0.15) is 0 Å². The third-order valence-electron chi connectivity index (χ3n) is 3.29. The normalized spacial score (nSPS) is 11.2. The number of phenolic OH excluding ortho intramolecular Hbond substituents is 1. The Bertz CT molecular complexity index is 348. The van der Waals surface area contributed by atoms with E-state index >= 15 is 0 Å². The standard InChI is InChI=1S/C14H23NO2/c1-5-12(6-2)15(3)10-11-8-7-9-13(17-4)14(11)16/h7-9,12,16H,5-6,10H2,1-4H3. The number of benzene rings is 1. The van der Waals surface area contributed by atoms with E-state index in [0.717, 1.165) is 24.9 Å². The van der Waals surface area contributed by atoms with Crippen LogP contribution in [0.3, 0.4) is 0 Å². The Hall–Kier alpha value is -1.22. The fraction of sp³-hybridized carbons (Fsp3) is 0.571. The zero-order valence-electron chi connectivity index (χ0n) is 11.2. The topological polar surface area (TPSA) is 32.7 Å². The van der Waals surface area contributed by atoms with Gasteiger partial charge in [0.2, 0.25) is 0 Å². The molecule has 0 radical (unpaired) electrons. The van der Waals surface area contributed by atoms with Crippen molar-refractivity contribution in [2.45, 2.75) is 39.3 Å². The van der Waals surface area contributed by atoms with Crippen LogP contribution in [0.25, 0.3) is 0 Å². The summed E-state index contributed by atoms with van der Waals surface area (Å²) >= 11 is 0. The van der Waals surface area contributed by atoms with Gasteiger partial charge in [0.05, 0.1) is 7.11 Å². The zero-order valence-corrected chi connectivity index (χ0v) is 11.2. The molecule has 1 N–H and O–H groups in total. The third kappa shape index (κ3) is 3.37. The first kappa shape index (κ1) is 13.8. The van der Waals surface area contributed by atoms with Crippen LogP contribution in [0.5, 0.6) is 11.5 Å². The van der Waals surface area contributed by atoms with Crippen LogP contribution in [0.4, 0.5) is 0 Å². The number of hydrogen-bond acceptors (Lipinski definition) is 3. The summed E-state index contributed by atoms with van der Waals surface area (Å²) < 4.78 is 5.11. The highest BCUT2D eigenvalue weighted by molar-refractivity contribution is 5.45. The number of ether oxygens (including phenoxy) is 1. The molecule has 96 valence electrons. The minimum Gasteiger partial charge on any atom is -0.504 e. The second kappa shape index (κ2) is 6.50. The summed E-state index contributed by atoms with van der Waals surface area (Å²) in [4.78, 5) is 2.27. The number of nitrogens with zero attached hydrogens (tertiary/aromatic N) is 1. The molecule has 0 fully saturated rings. The van der Waals surface area contributed by atoms with Crippen LogP contribution in [0.15, 0.2) is 18.2 Å². The third-order valence-corrected chi connectivity index (χ3v) is 3.29. The van der Waals surface area contributed by atoms with Crippen LogP contribution in [0.1, 0.15) is 32.3 Å². The lowest BCUT2D eigenvalue weighted by molar-refractivity contribution is 0.218. The van der Waals surface area contributed by atoms with Crippen LogP contribution in [0.2, 0.25) is 0 Å². The predicted molar refractivity (Wildman–Crippen MR) is 70.5 cm³/mol. The number of hydrogen-bond donors (Lipinski definition) is 1. The molecule has 0 saturated heterocycles. The van der Waals surface area contributed by atoms with Crippen LogP contribution >= 0.6 is 0 Å². The number of phenols is 1.